The van der Waals surface area contributed by atoms with Gasteiger partial charge in [-0.1, -0.05) is 0 Å². The number of alkyl halides is 3. The van der Waals surface area contributed by atoms with Crippen molar-refractivity contribution in [1.29, 1.82) is 0 Å². The molecule has 0 saturated carbocycles. The van der Waals surface area contributed by atoms with Gasteiger partial charge in [0.25, 0.3) is 5.56 Å². The molecule has 1 rings (SSSR count). The van der Waals surface area contributed by atoms with Crippen LogP contribution in [-0.4, -0.2) is 9.97 Å². The summed E-state index contributed by atoms with van der Waals surface area (Å²) in [6.45, 7) is 1.30. The van der Waals surface area contributed by atoms with Gasteiger partial charge >= 0.3 is 6.18 Å². The zero-order valence-corrected chi connectivity index (χ0v) is 8.52. The maximum absolute atomic E-state index is 12.2. The van der Waals surface area contributed by atoms with Crippen LogP contribution in [0.2, 0.25) is 0 Å². The third-order valence-corrected chi connectivity index (χ3v) is 2.25. The molecule has 0 spiro atoms. The lowest BCUT2D eigenvalue weighted by Gasteiger charge is -2.07. The molecule has 0 aliphatic rings. The summed E-state index contributed by atoms with van der Waals surface area (Å²) in [5, 5.41) is 0. The van der Waals surface area contributed by atoms with Crippen molar-refractivity contribution in [1.82, 2.24) is 9.97 Å². The van der Waals surface area contributed by atoms with Gasteiger partial charge in [-0.3, -0.25) is 4.79 Å². The van der Waals surface area contributed by atoms with E-state index in [0.717, 1.165) is 0 Å². The van der Waals surface area contributed by atoms with Crippen LogP contribution < -0.4 is 5.56 Å². The highest BCUT2D eigenvalue weighted by Crippen LogP contribution is 2.29. The van der Waals surface area contributed by atoms with E-state index >= 15 is 0 Å². The van der Waals surface area contributed by atoms with Crippen molar-refractivity contribution in [2.45, 2.75) is 13.1 Å². The fraction of sp³-hybridized carbons (Fsp3) is 0.333. The smallest absolute Gasteiger partial charge is 0.310 e. The zero-order valence-electron chi connectivity index (χ0n) is 6.37. The van der Waals surface area contributed by atoms with Crippen molar-refractivity contribution in [3.8, 4) is 0 Å². The topological polar surface area (TPSA) is 45.8 Å². The second-order valence-corrected chi connectivity index (χ2v) is 3.39. The summed E-state index contributed by atoms with van der Waals surface area (Å²) in [6.07, 6.45) is -4.57. The maximum Gasteiger partial charge on any atom is 0.434 e. The Morgan fingerprint density at radius 2 is 2.00 bits per heavy atom. The van der Waals surface area contributed by atoms with Crippen molar-refractivity contribution < 1.29 is 13.2 Å². The number of H-pyrrole nitrogens is 1. The number of aromatic amines is 1. The van der Waals surface area contributed by atoms with Crippen LogP contribution in [0.15, 0.2) is 4.79 Å². The van der Waals surface area contributed by atoms with Gasteiger partial charge in [0.2, 0.25) is 0 Å². The molecule has 0 radical (unpaired) electrons. The fourth-order valence-electron chi connectivity index (χ4n) is 0.759. The summed E-state index contributed by atoms with van der Waals surface area (Å²) in [6, 6.07) is 0. The zero-order chi connectivity index (χ0) is 10.2. The molecule has 1 aromatic heterocycles. The van der Waals surface area contributed by atoms with Crippen LogP contribution in [0.25, 0.3) is 0 Å². The summed E-state index contributed by atoms with van der Waals surface area (Å²) in [4.78, 5) is 16.3. The minimum atomic E-state index is -4.57. The maximum atomic E-state index is 12.2. The lowest BCUT2D eigenvalue weighted by atomic mass is 10.4. The van der Waals surface area contributed by atoms with Gasteiger partial charge in [0.1, 0.15) is 9.39 Å². The number of hydrogen-bond donors (Lipinski definition) is 1. The average molecular weight is 304 g/mol. The minimum Gasteiger partial charge on any atom is -0.310 e. The van der Waals surface area contributed by atoms with Gasteiger partial charge < -0.3 is 4.98 Å². The standard InChI is InChI=1S/C6H4F3IN2O/c1-2-11-4(6(7,8)9)3(10)5(13)12-2/h1H3,(H,11,12,13). The molecule has 7 heteroatoms. The Labute approximate surface area is 84.5 Å². The molecule has 72 valence electrons. The van der Waals surface area contributed by atoms with E-state index in [4.69, 9.17) is 0 Å². The van der Waals surface area contributed by atoms with Crippen LogP contribution >= 0.6 is 22.6 Å². The third-order valence-electron chi connectivity index (χ3n) is 1.25. The molecular weight excluding hydrogens is 300 g/mol. The Hall–Kier alpha value is -0.600. The lowest BCUT2D eigenvalue weighted by molar-refractivity contribution is -0.142. The number of nitrogens with zero attached hydrogens (tertiary/aromatic N) is 1. The predicted octanol–water partition coefficient (Wildman–Crippen LogP) is 1.70. The van der Waals surface area contributed by atoms with Crippen molar-refractivity contribution in [3.63, 3.8) is 0 Å². The molecular formula is C6H4F3IN2O. The summed E-state index contributed by atoms with van der Waals surface area (Å²) >= 11 is 1.32. The molecule has 0 bridgehead atoms. The van der Waals surface area contributed by atoms with Gasteiger partial charge in [-0.2, -0.15) is 13.2 Å². The highest BCUT2D eigenvalue weighted by molar-refractivity contribution is 14.1. The molecule has 1 heterocycles. The Morgan fingerprint density at radius 1 is 1.46 bits per heavy atom. The van der Waals surface area contributed by atoms with E-state index < -0.39 is 21.0 Å². The summed E-state index contributed by atoms with van der Waals surface area (Å²) in [7, 11) is 0. The SMILES string of the molecule is Cc1nc(C(F)(F)F)c(I)c(=O)[nH]1. The van der Waals surface area contributed by atoms with Crippen LogP contribution in [0.4, 0.5) is 13.2 Å². The van der Waals surface area contributed by atoms with E-state index in [1.54, 1.807) is 0 Å². The summed E-state index contributed by atoms with van der Waals surface area (Å²) < 4.78 is 36.1. The van der Waals surface area contributed by atoms with Gasteiger partial charge in [-0.25, -0.2) is 4.98 Å². The van der Waals surface area contributed by atoms with Gasteiger partial charge in [0.15, 0.2) is 5.69 Å². The van der Waals surface area contributed by atoms with Crippen molar-refractivity contribution in [2.75, 3.05) is 0 Å². The molecule has 0 aliphatic heterocycles. The van der Waals surface area contributed by atoms with E-state index in [9.17, 15) is 18.0 Å². The first-order valence-electron chi connectivity index (χ1n) is 3.16. The van der Waals surface area contributed by atoms with E-state index in [1.807, 2.05) is 0 Å². The molecule has 0 aliphatic carbocycles. The largest absolute Gasteiger partial charge is 0.434 e. The predicted molar refractivity (Wildman–Crippen MR) is 47.3 cm³/mol. The Bertz CT molecular complexity index is 384. The normalized spacial score (nSPS) is 11.8. The Kier molecular flexibility index (Phi) is 2.64. The molecule has 0 unspecified atom stereocenters. The Balaban J connectivity index is 3.46. The second-order valence-electron chi connectivity index (χ2n) is 2.31. The van der Waals surface area contributed by atoms with E-state index in [2.05, 4.69) is 9.97 Å². The molecule has 1 aromatic rings. The van der Waals surface area contributed by atoms with E-state index in [1.165, 1.54) is 29.5 Å². The van der Waals surface area contributed by atoms with Crippen LogP contribution in [0.3, 0.4) is 0 Å². The van der Waals surface area contributed by atoms with Gasteiger partial charge in [-0.05, 0) is 29.5 Å². The summed E-state index contributed by atoms with van der Waals surface area (Å²) in [5.74, 6) is -0.0438. The van der Waals surface area contributed by atoms with E-state index in [0.29, 0.717) is 0 Å². The average Bonchev–Trinajstić information content (AvgIpc) is 1.94. The third kappa shape index (κ3) is 2.20. The molecule has 13 heavy (non-hydrogen) atoms. The Morgan fingerprint density at radius 3 is 2.46 bits per heavy atom. The number of rotatable bonds is 0. The first-order chi connectivity index (χ1) is 5.82. The number of aromatic nitrogens is 2. The van der Waals surface area contributed by atoms with Crippen LogP contribution in [0.5, 0.6) is 0 Å². The van der Waals surface area contributed by atoms with Crippen LogP contribution in [-0.2, 0) is 6.18 Å². The number of hydrogen-bond acceptors (Lipinski definition) is 2. The molecule has 0 saturated heterocycles. The highest BCUT2D eigenvalue weighted by atomic mass is 127. The van der Waals surface area contributed by atoms with Crippen LogP contribution in [0.1, 0.15) is 11.5 Å². The molecule has 1 N–H and O–H groups in total. The van der Waals surface area contributed by atoms with E-state index in [-0.39, 0.29) is 5.82 Å². The fourth-order valence-corrected chi connectivity index (χ4v) is 1.32. The van der Waals surface area contributed by atoms with Crippen molar-refractivity contribution in [3.05, 3.63) is 25.4 Å². The van der Waals surface area contributed by atoms with Gasteiger partial charge in [0, 0.05) is 0 Å². The lowest BCUT2D eigenvalue weighted by Crippen LogP contribution is -2.22. The molecule has 0 aromatic carbocycles. The van der Waals surface area contributed by atoms with Gasteiger partial charge in [-0.15, -0.1) is 0 Å². The first-order valence-corrected chi connectivity index (χ1v) is 4.24. The van der Waals surface area contributed by atoms with Crippen molar-refractivity contribution in [2.24, 2.45) is 0 Å². The molecule has 3 nitrogen and oxygen atoms in total. The number of aryl methyl sites for hydroxylation is 1. The first kappa shape index (κ1) is 10.5. The highest BCUT2D eigenvalue weighted by Gasteiger charge is 2.36. The minimum absolute atomic E-state index is 0.0438. The number of halogens is 4. The van der Waals surface area contributed by atoms with Crippen LogP contribution in [0, 0.1) is 10.5 Å². The van der Waals surface area contributed by atoms with Crippen molar-refractivity contribution >= 4 is 22.6 Å². The molecule has 0 amide bonds. The molecule has 0 atom stereocenters. The number of nitrogens with one attached hydrogen (secondary N) is 1. The monoisotopic (exact) mass is 304 g/mol. The second kappa shape index (κ2) is 3.28. The van der Waals surface area contributed by atoms with Gasteiger partial charge in [0.05, 0.1) is 0 Å². The summed E-state index contributed by atoms with van der Waals surface area (Å²) in [5.41, 5.74) is -1.89. The molecule has 0 fully saturated rings. The quantitative estimate of drug-likeness (QED) is 0.742.